The normalized spacial score (nSPS) is 18.6. The maximum Gasteiger partial charge on any atom is 0.245 e. The van der Waals surface area contributed by atoms with Crippen LogP contribution in [0.1, 0.15) is 26.7 Å². The van der Waals surface area contributed by atoms with Crippen molar-refractivity contribution >= 4 is 11.6 Å². The summed E-state index contributed by atoms with van der Waals surface area (Å²) in [7, 11) is 1.63. The van der Waals surface area contributed by atoms with Crippen LogP contribution < -0.4 is 15.4 Å². The number of benzene rings is 1. The number of carbonyl (C=O) groups is 1. The van der Waals surface area contributed by atoms with Gasteiger partial charge in [-0.25, -0.2) is 0 Å². The molecule has 1 heterocycles. The molecule has 1 aliphatic heterocycles. The van der Waals surface area contributed by atoms with Gasteiger partial charge in [-0.1, -0.05) is 0 Å². The minimum atomic E-state index is -0.676. The molecule has 0 bridgehead atoms. The maximum atomic E-state index is 12.4. The molecule has 22 heavy (non-hydrogen) atoms. The Labute approximate surface area is 132 Å². The van der Waals surface area contributed by atoms with Crippen molar-refractivity contribution in [2.24, 2.45) is 5.92 Å². The van der Waals surface area contributed by atoms with Crippen molar-refractivity contribution < 1.29 is 14.3 Å². The molecule has 1 aliphatic rings. The largest absolute Gasteiger partial charge is 0.497 e. The van der Waals surface area contributed by atoms with Gasteiger partial charge in [0.05, 0.1) is 13.7 Å². The van der Waals surface area contributed by atoms with Crippen LogP contribution in [0.25, 0.3) is 0 Å². The summed E-state index contributed by atoms with van der Waals surface area (Å²) < 4.78 is 10.6. The van der Waals surface area contributed by atoms with Crippen LogP contribution in [0.15, 0.2) is 24.3 Å². The lowest BCUT2D eigenvalue weighted by Gasteiger charge is -2.28. The van der Waals surface area contributed by atoms with Gasteiger partial charge in [0.15, 0.2) is 0 Å². The molecule has 1 aromatic rings. The number of rotatable bonds is 6. The summed E-state index contributed by atoms with van der Waals surface area (Å²) in [5.41, 5.74) is 0.214. The molecule has 5 heteroatoms. The molecule has 1 unspecified atom stereocenters. The molecule has 2 rings (SSSR count). The van der Waals surface area contributed by atoms with Crippen molar-refractivity contribution in [2.45, 2.75) is 32.2 Å². The fourth-order valence-corrected chi connectivity index (χ4v) is 2.52. The van der Waals surface area contributed by atoms with Gasteiger partial charge >= 0.3 is 0 Å². The van der Waals surface area contributed by atoms with Crippen LogP contribution >= 0.6 is 0 Å². The first-order chi connectivity index (χ1) is 10.5. The van der Waals surface area contributed by atoms with E-state index in [0.717, 1.165) is 37.5 Å². The summed E-state index contributed by atoms with van der Waals surface area (Å²) in [5.74, 6) is 1.22. The predicted octanol–water partition coefficient (Wildman–Crippen LogP) is 2.43. The smallest absolute Gasteiger partial charge is 0.245 e. The van der Waals surface area contributed by atoms with Crippen LogP contribution in [-0.2, 0) is 9.53 Å². The number of anilines is 1. The van der Waals surface area contributed by atoms with E-state index in [1.165, 1.54) is 0 Å². The van der Waals surface area contributed by atoms with Gasteiger partial charge in [-0.15, -0.1) is 0 Å². The molecular weight excluding hydrogens is 280 g/mol. The van der Waals surface area contributed by atoms with Gasteiger partial charge in [-0.3, -0.25) is 4.79 Å². The SMILES string of the molecule is COc1ccc(NC(C)(C)C(=O)NCC2CCCOC2)cc1. The number of nitrogens with one attached hydrogen (secondary N) is 2. The summed E-state index contributed by atoms with van der Waals surface area (Å²) in [6.07, 6.45) is 2.20. The predicted molar refractivity (Wildman–Crippen MR) is 87.2 cm³/mol. The average Bonchev–Trinajstić information content (AvgIpc) is 2.54. The summed E-state index contributed by atoms with van der Waals surface area (Å²) in [5, 5.41) is 6.29. The molecule has 1 amide bonds. The second-order valence-electron chi connectivity index (χ2n) is 6.27. The average molecular weight is 306 g/mol. The standard InChI is InChI=1S/C17H26N2O3/c1-17(2,19-14-6-8-15(21-3)9-7-14)16(20)18-11-13-5-4-10-22-12-13/h6-9,13,19H,4-5,10-12H2,1-3H3,(H,18,20). The minimum Gasteiger partial charge on any atom is -0.497 e. The van der Waals surface area contributed by atoms with Crippen LogP contribution in [0.4, 0.5) is 5.69 Å². The van der Waals surface area contributed by atoms with E-state index < -0.39 is 5.54 Å². The number of amides is 1. The Balaban J connectivity index is 1.85. The fraction of sp³-hybridized carbons (Fsp3) is 0.588. The number of carbonyl (C=O) groups excluding carboxylic acids is 1. The van der Waals surface area contributed by atoms with Crippen molar-refractivity contribution in [2.75, 3.05) is 32.2 Å². The summed E-state index contributed by atoms with van der Waals surface area (Å²) in [6, 6.07) is 7.55. The summed E-state index contributed by atoms with van der Waals surface area (Å²) in [4.78, 5) is 12.4. The zero-order valence-electron chi connectivity index (χ0n) is 13.6. The first-order valence-corrected chi connectivity index (χ1v) is 7.79. The number of hydrogen-bond acceptors (Lipinski definition) is 4. The van der Waals surface area contributed by atoms with E-state index in [-0.39, 0.29) is 5.91 Å². The first-order valence-electron chi connectivity index (χ1n) is 7.79. The van der Waals surface area contributed by atoms with Gasteiger partial charge in [0, 0.05) is 18.8 Å². The third-order valence-electron chi connectivity index (χ3n) is 3.92. The Bertz CT molecular complexity index is 479. The molecule has 1 aromatic carbocycles. The minimum absolute atomic E-state index is 0.00566. The van der Waals surface area contributed by atoms with E-state index in [4.69, 9.17) is 9.47 Å². The Morgan fingerprint density at radius 2 is 2.09 bits per heavy atom. The lowest BCUT2D eigenvalue weighted by molar-refractivity contribution is -0.124. The quantitative estimate of drug-likeness (QED) is 0.847. The fourth-order valence-electron chi connectivity index (χ4n) is 2.52. The lowest BCUT2D eigenvalue weighted by atomic mass is 10.00. The highest BCUT2D eigenvalue weighted by atomic mass is 16.5. The second kappa shape index (κ2) is 7.49. The molecule has 1 saturated heterocycles. The van der Waals surface area contributed by atoms with Gasteiger partial charge in [-0.05, 0) is 56.9 Å². The van der Waals surface area contributed by atoms with E-state index in [0.29, 0.717) is 12.5 Å². The molecule has 0 aliphatic carbocycles. The van der Waals surface area contributed by atoms with E-state index >= 15 is 0 Å². The molecule has 1 fully saturated rings. The molecular formula is C17H26N2O3. The topological polar surface area (TPSA) is 59.6 Å². The van der Waals surface area contributed by atoms with E-state index in [2.05, 4.69) is 10.6 Å². The molecule has 0 saturated carbocycles. The third kappa shape index (κ3) is 4.63. The van der Waals surface area contributed by atoms with Gasteiger partial charge in [-0.2, -0.15) is 0 Å². The molecule has 5 nitrogen and oxygen atoms in total. The first kappa shape index (κ1) is 16.6. The highest BCUT2D eigenvalue weighted by Crippen LogP contribution is 2.19. The monoisotopic (exact) mass is 306 g/mol. The van der Waals surface area contributed by atoms with Crippen LogP contribution in [0, 0.1) is 5.92 Å². The van der Waals surface area contributed by atoms with Gasteiger partial charge < -0.3 is 20.1 Å². The number of ether oxygens (including phenoxy) is 2. The lowest BCUT2D eigenvalue weighted by Crippen LogP contribution is -2.49. The van der Waals surface area contributed by atoms with Gasteiger partial charge in [0.1, 0.15) is 11.3 Å². The highest BCUT2D eigenvalue weighted by Gasteiger charge is 2.28. The van der Waals surface area contributed by atoms with Gasteiger partial charge in [0.2, 0.25) is 5.91 Å². The summed E-state index contributed by atoms with van der Waals surface area (Å²) >= 11 is 0. The number of hydrogen-bond donors (Lipinski definition) is 2. The molecule has 1 atom stereocenters. The van der Waals surface area contributed by atoms with Crippen molar-refractivity contribution in [1.82, 2.24) is 5.32 Å². The zero-order chi connectivity index (χ0) is 16.0. The second-order valence-corrected chi connectivity index (χ2v) is 6.27. The van der Waals surface area contributed by atoms with Crippen LogP contribution in [0.3, 0.4) is 0 Å². The van der Waals surface area contributed by atoms with Crippen molar-refractivity contribution in [3.05, 3.63) is 24.3 Å². The van der Waals surface area contributed by atoms with E-state index in [9.17, 15) is 4.79 Å². The van der Waals surface area contributed by atoms with Crippen LogP contribution in [-0.4, -0.2) is 38.3 Å². The Hall–Kier alpha value is -1.75. The Morgan fingerprint density at radius 1 is 1.36 bits per heavy atom. The molecule has 0 spiro atoms. The Kier molecular flexibility index (Phi) is 5.66. The number of methoxy groups -OCH3 is 1. The van der Waals surface area contributed by atoms with Crippen LogP contribution in [0.5, 0.6) is 5.75 Å². The molecule has 0 radical (unpaired) electrons. The van der Waals surface area contributed by atoms with Gasteiger partial charge in [0.25, 0.3) is 0 Å². The van der Waals surface area contributed by atoms with Crippen molar-refractivity contribution in [1.29, 1.82) is 0 Å². The van der Waals surface area contributed by atoms with E-state index in [1.807, 2.05) is 38.1 Å². The third-order valence-corrected chi connectivity index (χ3v) is 3.92. The van der Waals surface area contributed by atoms with Crippen molar-refractivity contribution in [3.8, 4) is 5.75 Å². The van der Waals surface area contributed by atoms with Crippen LogP contribution in [0.2, 0.25) is 0 Å². The maximum absolute atomic E-state index is 12.4. The van der Waals surface area contributed by atoms with E-state index in [1.54, 1.807) is 7.11 Å². The molecule has 2 N–H and O–H groups in total. The zero-order valence-corrected chi connectivity index (χ0v) is 13.6. The highest BCUT2D eigenvalue weighted by molar-refractivity contribution is 5.88. The molecule has 122 valence electrons. The molecule has 0 aromatic heterocycles. The Morgan fingerprint density at radius 3 is 2.68 bits per heavy atom. The summed E-state index contributed by atoms with van der Waals surface area (Å²) in [6.45, 7) is 6.02. The van der Waals surface area contributed by atoms with Crippen molar-refractivity contribution in [3.63, 3.8) is 0 Å².